The number of carbonyl (C=O) groups is 1. The monoisotopic (exact) mass is 396 g/mol. The Hall–Kier alpha value is -2.29. The van der Waals surface area contributed by atoms with Crippen molar-refractivity contribution in [1.29, 1.82) is 0 Å². The topological polar surface area (TPSA) is 92.9 Å². The quantitative estimate of drug-likeness (QED) is 0.569. The van der Waals surface area contributed by atoms with Crippen LogP contribution in [-0.4, -0.2) is 48.1 Å². The number of halogens is 1. The first-order valence-electron chi connectivity index (χ1n) is 7.54. The summed E-state index contributed by atoms with van der Waals surface area (Å²) in [5.74, 6) is 0.165. The zero-order valence-corrected chi connectivity index (χ0v) is 15.7. The van der Waals surface area contributed by atoms with Gasteiger partial charge in [-0.25, -0.2) is 0 Å². The van der Waals surface area contributed by atoms with Gasteiger partial charge in [-0.3, -0.25) is 14.9 Å². The van der Waals surface area contributed by atoms with Gasteiger partial charge in [0.25, 0.3) is 11.6 Å². The largest absolute Gasteiger partial charge is 0.491 e. The van der Waals surface area contributed by atoms with E-state index in [1.165, 1.54) is 11.0 Å². The van der Waals surface area contributed by atoms with Crippen molar-refractivity contribution < 1.29 is 19.6 Å². The van der Waals surface area contributed by atoms with Crippen LogP contribution >= 0.6 is 23.4 Å². The maximum Gasteiger partial charge on any atom is 0.284 e. The van der Waals surface area contributed by atoms with E-state index in [4.69, 9.17) is 21.4 Å². The molecule has 0 aromatic heterocycles. The lowest BCUT2D eigenvalue weighted by atomic mass is 10.2. The molecule has 2 aromatic carbocycles. The van der Waals surface area contributed by atoms with Gasteiger partial charge in [0, 0.05) is 30.1 Å². The highest BCUT2D eigenvalue weighted by Gasteiger charge is 2.20. The highest BCUT2D eigenvalue weighted by Crippen LogP contribution is 2.39. The highest BCUT2D eigenvalue weighted by molar-refractivity contribution is 7.99. The number of nitro benzene ring substituents is 1. The summed E-state index contributed by atoms with van der Waals surface area (Å²) in [6, 6.07) is 9.24. The first-order chi connectivity index (χ1) is 12.3. The van der Waals surface area contributed by atoms with Gasteiger partial charge >= 0.3 is 0 Å². The van der Waals surface area contributed by atoms with Crippen molar-refractivity contribution in [2.45, 2.75) is 9.79 Å². The summed E-state index contributed by atoms with van der Waals surface area (Å²) in [6.07, 6.45) is 0. The number of ether oxygens (including phenoxy) is 1. The zero-order chi connectivity index (χ0) is 19.3. The summed E-state index contributed by atoms with van der Waals surface area (Å²) in [5.41, 5.74) is 0.214. The predicted octanol–water partition coefficient (Wildman–Crippen LogP) is 3.47. The molecule has 1 N–H and O–H groups in total. The third-order valence-electron chi connectivity index (χ3n) is 3.29. The number of hydrogen-bond acceptors (Lipinski definition) is 6. The lowest BCUT2D eigenvalue weighted by Gasteiger charge is -2.15. The molecule has 0 fully saturated rings. The summed E-state index contributed by atoms with van der Waals surface area (Å²) in [7, 11) is 3.23. The summed E-state index contributed by atoms with van der Waals surface area (Å²) >= 11 is 6.95. The van der Waals surface area contributed by atoms with Gasteiger partial charge in [0.05, 0.1) is 22.0 Å². The van der Waals surface area contributed by atoms with E-state index < -0.39 is 4.92 Å². The van der Waals surface area contributed by atoms with Gasteiger partial charge in [-0.15, -0.1) is 0 Å². The second-order valence-electron chi connectivity index (χ2n) is 5.40. The van der Waals surface area contributed by atoms with E-state index in [1.807, 2.05) is 0 Å². The van der Waals surface area contributed by atoms with E-state index in [2.05, 4.69) is 0 Å². The molecule has 0 atom stereocenters. The van der Waals surface area contributed by atoms with Crippen molar-refractivity contribution in [3.8, 4) is 5.75 Å². The Kier molecular flexibility index (Phi) is 6.84. The van der Waals surface area contributed by atoms with E-state index in [1.54, 1.807) is 44.4 Å². The Morgan fingerprint density at radius 2 is 1.96 bits per heavy atom. The standard InChI is InChI=1S/C17H17ClN2O5S/c1-19(2)17(22)13-10-12(25-8-7-21)4-6-15(13)26-16-5-3-11(18)9-14(16)20(23)24/h3-6,9-10,21H,7-8H2,1-2H3. The molecule has 0 spiro atoms. The zero-order valence-electron chi connectivity index (χ0n) is 14.1. The lowest BCUT2D eigenvalue weighted by Crippen LogP contribution is -2.22. The summed E-state index contributed by atoms with van der Waals surface area (Å²) in [4.78, 5) is 25.6. The van der Waals surface area contributed by atoms with Crippen LogP contribution in [0.15, 0.2) is 46.2 Å². The molecule has 9 heteroatoms. The predicted molar refractivity (Wildman–Crippen MR) is 99.3 cm³/mol. The van der Waals surface area contributed by atoms with E-state index in [9.17, 15) is 14.9 Å². The third-order valence-corrected chi connectivity index (χ3v) is 4.66. The molecule has 0 saturated heterocycles. The summed E-state index contributed by atoms with van der Waals surface area (Å²) in [5, 5.41) is 20.4. The molecule has 1 amide bonds. The molecule has 0 aliphatic carbocycles. The minimum Gasteiger partial charge on any atom is -0.491 e. The lowest BCUT2D eigenvalue weighted by molar-refractivity contribution is -0.387. The van der Waals surface area contributed by atoms with Gasteiger partial charge in [-0.1, -0.05) is 23.4 Å². The van der Waals surface area contributed by atoms with Gasteiger partial charge in [-0.05, 0) is 30.3 Å². The average Bonchev–Trinajstić information content (AvgIpc) is 2.61. The molecule has 0 unspecified atom stereocenters. The fourth-order valence-electron chi connectivity index (χ4n) is 2.10. The molecule has 0 radical (unpaired) electrons. The Morgan fingerprint density at radius 1 is 1.27 bits per heavy atom. The maximum atomic E-state index is 12.5. The number of nitrogens with zero attached hydrogens (tertiary/aromatic N) is 2. The van der Waals surface area contributed by atoms with Gasteiger partial charge in [0.1, 0.15) is 12.4 Å². The summed E-state index contributed by atoms with van der Waals surface area (Å²) < 4.78 is 5.35. The first-order valence-corrected chi connectivity index (χ1v) is 8.74. The van der Waals surface area contributed by atoms with Gasteiger partial charge in [-0.2, -0.15) is 0 Å². The molecular formula is C17H17ClN2O5S. The molecule has 26 heavy (non-hydrogen) atoms. The number of hydrogen-bond donors (Lipinski definition) is 1. The SMILES string of the molecule is CN(C)C(=O)c1cc(OCCO)ccc1Sc1ccc(Cl)cc1[N+](=O)[O-]. The second-order valence-corrected chi connectivity index (χ2v) is 6.92. The van der Waals surface area contributed by atoms with Crippen molar-refractivity contribution in [3.63, 3.8) is 0 Å². The number of aliphatic hydroxyl groups excluding tert-OH is 1. The normalized spacial score (nSPS) is 10.5. The van der Waals surface area contributed by atoms with Gasteiger partial charge in [0.15, 0.2) is 0 Å². The van der Waals surface area contributed by atoms with Crippen molar-refractivity contribution in [3.05, 3.63) is 57.1 Å². The molecule has 138 valence electrons. The van der Waals surface area contributed by atoms with Crippen LogP contribution < -0.4 is 4.74 Å². The molecule has 0 aliphatic rings. The summed E-state index contributed by atoms with van der Waals surface area (Å²) in [6.45, 7) is -0.0465. The van der Waals surface area contributed by atoms with Crippen molar-refractivity contribution in [2.75, 3.05) is 27.3 Å². The van der Waals surface area contributed by atoms with Crippen LogP contribution in [0.2, 0.25) is 5.02 Å². The van der Waals surface area contributed by atoms with Crippen LogP contribution in [-0.2, 0) is 0 Å². The van der Waals surface area contributed by atoms with Gasteiger partial charge in [0.2, 0.25) is 0 Å². The fourth-order valence-corrected chi connectivity index (χ4v) is 3.27. The first kappa shape index (κ1) is 20.0. The molecule has 0 aliphatic heterocycles. The number of nitro groups is 1. The Bertz CT molecular complexity index is 829. The van der Waals surface area contributed by atoms with E-state index in [0.29, 0.717) is 21.1 Å². The molecular weight excluding hydrogens is 380 g/mol. The fraction of sp³-hybridized carbons (Fsp3) is 0.235. The number of aliphatic hydroxyl groups is 1. The highest BCUT2D eigenvalue weighted by atomic mass is 35.5. The van der Waals surface area contributed by atoms with Crippen LogP contribution in [0.5, 0.6) is 5.75 Å². The van der Waals surface area contributed by atoms with Crippen molar-refractivity contribution >= 4 is 35.0 Å². The number of carbonyl (C=O) groups excluding carboxylic acids is 1. The van der Waals surface area contributed by atoms with Crippen LogP contribution in [0.1, 0.15) is 10.4 Å². The smallest absolute Gasteiger partial charge is 0.284 e. The van der Waals surface area contributed by atoms with Crippen LogP contribution in [0.25, 0.3) is 0 Å². The number of benzene rings is 2. The third kappa shape index (κ3) is 4.87. The molecule has 0 bridgehead atoms. The van der Waals surface area contributed by atoms with Crippen molar-refractivity contribution in [2.24, 2.45) is 0 Å². The second kappa shape index (κ2) is 8.88. The van der Waals surface area contributed by atoms with Crippen LogP contribution in [0, 0.1) is 10.1 Å². The average molecular weight is 397 g/mol. The van der Waals surface area contributed by atoms with E-state index in [0.717, 1.165) is 11.8 Å². The van der Waals surface area contributed by atoms with Crippen LogP contribution in [0.4, 0.5) is 5.69 Å². The minimum atomic E-state index is -0.514. The van der Waals surface area contributed by atoms with E-state index in [-0.39, 0.29) is 29.8 Å². The maximum absolute atomic E-state index is 12.5. The number of rotatable bonds is 7. The molecule has 7 nitrogen and oxygen atoms in total. The molecule has 2 rings (SSSR count). The molecule has 0 saturated carbocycles. The molecule has 2 aromatic rings. The minimum absolute atomic E-state index is 0.102. The van der Waals surface area contributed by atoms with Gasteiger partial charge < -0.3 is 14.7 Å². The van der Waals surface area contributed by atoms with Crippen LogP contribution in [0.3, 0.4) is 0 Å². The molecule has 0 heterocycles. The Balaban J connectivity index is 2.45. The van der Waals surface area contributed by atoms with E-state index >= 15 is 0 Å². The van der Waals surface area contributed by atoms with Crippen molar-refractivity contribution in [1.82, 2.24) is 4.90 Å². The Morgan fingerprint density at radius 3 is 2.58 bits per heavy atom. The Labute approximate surface area is 159 Å². The number of amides is 1.